The van der Waals surface area contributed by atoms with Gasteiger partial charge in [-0.2, -0.15) is 0 Å². The maximum Gasteiger partial charge on any atom is 0.123 e. The van der Waals surface area contributed by atoms with E-state index in [4.69, 9.17) is 10.5 Å². The SMILES string of the molecule is CCC(C)OCc1ccc(-c2nc(CCN)cs2)cc1. The van der Waals surface area contributed by atoms with E-state index in [2.05, 4.69) is 48.5 Å². The van der Waals surface area contributed by atoms with E-state index in [1.807, 2.05) is 0 Å². The van der Waals surface area contributed by atoms with Gasteiger partial charge in [-0.15, -0.1) is 11.3 Å². The van der Waals surface area contributed by atoms with Gasteiger partial charge in [0.05, 0.1) is 18.4 Å². The lowest BCUT2D eigenvalue weighted by Crippen LogP contribution is -2.05. The first-order valence-corrected chi connectivity index (χ1v) is 7.96. The van der Waals surface area contributed by atoms with E-state index in [1.165, 1.54) is 5.56 Å². The number of nitrogens with zero attached hydrogens (tertiary/aromatic N) is 1. The van der Waals surface area contributed by atoms with Crippen molar-refractivity contribution in [3.8, 4) is 10.6 Å². The molecule has 1 aromatic heterocycles. The first-order valence-electron chi connectivity index (χ1n) is 7.08. The van der Waals surface area contributed by atoms with Crippen LogP contribution in [0.2, 0.25) is 0 Å². The Hall–Kier alpha value is -1.23. The van der Waals surface area contributed by atoms with E-state index in [9.17, 15) is 0 Å². The fraction of sp³-hybridized carbons (Fsp3) is 0.438. The van der Waals surface area contributed by atoms with Crippen molar-refractivity contribution in [1.82, 2.24) is 4.98 Å². The second-order valence-corrected chi connectivity index (χ2v) is 5.77. The van der Waals surface area contributed by atoms with Crippen LogP contribution < -0.4 is 5.73 Å². The van der Waals surface area contributed by atoms with E-state index in [0.29, 0.717) is 19.3 Å². The summed E-state index contributed by atoms with van der Waals surface area (Å²) in [6, 6.07) is 8.45. The zero-order valence-corrected chi connectivity index (χ0v) is 13.0. The molecular formula is C16H22N2OS. The van der Waals surface area contributed by atoms with Gasteiger partial charge in [0.15, 0.2) is 0 Å². The summed E-state index contributed by atoms with van der Waals surface area (Å²) in [4.78, 5) is 4.59. The van der Waals surface area contributed by atoms with E-state index in [-0.39, 0.29) is 0 Å². The molecule has 0 bridgehead atoms. The van der Waals surface area contributed by atoms with Gasteiger partial charge in [-0.1, -0.05) is 31.2 Å². The summed E-state index contributed by atoms with van der Waals surface area (Å²) < 4.78 is 5.73. The Balaban J connectivity index is 1.99. The smallest absolute Gasteiger partial charge is 0.123 e. The van der Waals surface area contributed by atoms with Crippen LogP contribution in [0.15, 0.2) is 29.6 Å². The van der Waals surface area contributed by atoms with Gasteiger partial charge >= 0.3 is 0 Å². The Morgan fingerprint density at radius 2 is 2.05 bits per heavy atom. The largest absolute Gasteiger partial charge is 0.374 e. The number of thiazole rings is 1. The first kappa shape index (κ1) is 15.2. The fourth-order valence-corrected chi connectivity index (χ4v) is 2.66. The molecule has 1 heterocycles. The molecule has 0 aliphatic carbocycles. The summed E-state index contributed by atoms with van der Waals surface area (Å²) in [5.41, 5.74) is 8.99. The van der Waals surface area contributed by atoms with Crippen LogP contribution in [0, 0.1) is 0 Å². The highest BCUT2D eigenvalue weighted by atomic mass is 32.1. The van der Waals surface area contributed by atoms with Crippen molar-refractivity contribution in [2.75, 3.05) is 6.54 Å². The van der Waals surface area contributed by atoms with Crippen LogP contribution in [0.25, 0.3) is 10.6 Å². The second-order valence-electron chi connectivity index (χ2n) is 4.91. The van der Waals surface area contributed by atoms with Crippen molar-refractivity contribution in [3.63, 3.8) is 0 Å². The molecule has 0 saturated carbocycles. The summed E-state index contributed by atoms with van der Waals surface area (Å²) in [7, 11) is 0. The lowest BCUT2D eigenvalue weighted by Gasteiger charge is -2.10. The van der Waals surface area contributed by atoms with E-state index in [0.717, 1.165) is 29.1 Å². The summed E-state index contributed by atoms with van der Waals surface area (Å²) >= 11 is 1.67. The third-order valence-electron chi connectivity index (χ3n) is 3.26. The molecule has 0 fully saturated rings. The predicted molar refractivity (Wildman–Crippen MR) is 84.9 cm³/mol. The van der Waals surface area contributed by atoms with Crippen molar-refractivity contribution >= 4 is 11.3 Å². The molecule has 2 aromatic rings. The van der Waals surface area contributed by atoms with E-state index < -0.39 is 0 Å². The van der Waals surface area contributed by atoms with Crippen molar-refractivity contribution in [1.29, 1.82) is 0 Å². The highest BCUT2D eigenvalue weighted by molar-refractivity contribution is 7.13. The molecule has 108 valence electrons. The van der Waals surface area contributed by atoms with Gasteiger partial charge in [0.1, 0.15) is 5.01 Å². The van der Waals surface area contributed by atoms with Crippen LogP contribution in [0.5, 0.6) is 0 Å². The maximum atomic E-state index is 5.73. The van der Waals surface area contributed by atoms with Crippen LogP contribution in [0.3, 0.4) is 0 Å². The molecule has 0 aliphatic rings. The fourth-order valence-electron chi connectivity index (χ4n) is 1.80. The number of aromatic nitrogens is 1. The number of ether oxygens (including phenoxy) is 1. The molecule has 1 atom stereocenters. The van der Waals surface area contributed by atoms with Crippen LogP contribution in [0.4, 0.5) is 0 Å². The molecule has 3 nitrogen and oxygen atoms in total. The molecule has 4 heteroatoms. The van der Waals surface area contributed by atoms with Gasteiger partial charge in [-0.3, -0.25) is 0 Å². The Morgan fingerprint density at radius 3 is 2.70 bits per heavy atom. The van der Waals surface area contributed by atoms with Crippen LogP contribution in [-0.4, -0.2) is 17.6 Å². The Labute approximate surface area is 124 Å². The lowest BCUT2D eigenvalue weighted by molar-refractivity contribution is 0.0508. The van der Waals surface area contributed by atoms with Crippen molar-refractivity contribution in [2.45, 2.75) is 39.4 Å². The molecule has 20 heavy (non-hydrogen) atoms. The van der Waals surface area contributed by atoms with Crippen molar-refractivity contribution in [3.05, 3.63) is 40.9 Å². The highest BCUT2D eigenvalue weighted by Crippen LogP contribution is 2.24. The molecule has 0 aliphatic heterocycles. The molecule has 1 unspecified atom stereocenters. The monoisotopic (exact) mass is 290 g/mol. The van der Waals surface area contributed by atoms with Gasteiger partial charge in [-0.25, -0.2) is 4.98 Å². The molecule has 0 spiro atoms. The van der Waals surface area contributed by atoms with Gasteiger partial charge in [0.25, 0.3) is 0 Å². The van der Waals surface area contributed by atoms with Gasteiger partial charge in [0, 0.05) is 17.4 Å². The minimum absolute atomic E-state index is 0.312. The Morgan fingerprint density at radius 1 is 1.30 bits per heavy atom. The van der Waals surface area contributed by atoms with Crippen molar-refractivity contribution < 1.29 is 4.74 Å². The molecule has 0 amide bonds. The average molecular weight is 290 g/mol. The number of hydrogen-bond acceptors (Lipinski definition) is 4. The molecule has 2 N–H and O–H groups in total. The van der Waals surface area contributed by atoms with Gasteiger partial charge < -0.3 is 10.5 Å². The predicted octanol–water partition coefficient (Wildman–Crippen LogP) is 3.63. The zero-order chi connectivity index (χ0) is 14.4. The Kier molecular flexibility index (Phi) is 5.71. The zero-order valence-electron chi connectivity index (χ0n) is 12.1. The van der Waals surface area contributed by atoms with Crippen LogP contribution in [0.1, 0.15) is 31.5 Å². The minimum atomic E-state index is 0.312. The minimum Gasteiger partial charge on any atom is -0.374 e. The molecule has 2 rings (SSSR count). The topological polar surface area (TPSA) is 48.1 Å². The summed E-state index contributed by atoms with van der Waals surface area (Å²) in [5.74, 6) is 0. The number of rotatable bonds is 7. The van der Waals surface area contributed by atoms with Crippen LogP contribution >= 0.6 is 11.3 Å². The summed E-state index contributed by atoms with van der Waals surface area (Å²) in [6.07, 6.45) is 2.20. The molecule has 1 aromatic carbocycles. The molecular weight excluding hydrogens is 268 g/mol. The van der Waals surface area contributed by atoms with Crippen molar-refractivity contribution in [2.24, 2.45) is 5.73 Å². The molecule has 0 radical (unpaired) electrons. The number of nitrogens with two attached hydrogens (primary N) is 1. The summed E-state index contributed by atoms with van der Waals surface area (Å²) in [6.45, 7) is 5.55. The summed E-state index contributed by atoms with van der Waals surface area (Å²) in [5, 5.41) is 3.14. The standard InChI is InChI=1S/C16H22N2OS/c1-3-12(2)19-10-13-4-6-14(7-5-13)16-18-15(8-9-17)11-20-16/h4-7,11-12H,3,8-10,17H2,1-2H3. The van der Waals surface area contributed by atoms with Gasteiger partial charge in [-0.05, 0) is 25.5 Å². The quantitative estimate of drug-likeness (QED) is 0.847. The number of hydrogen-bond donors (Lipinski definition) is 1. The second kappa shape index (κ2) is 7.53. The Bertz CT molecular complexity index is 522. The third kappa shape index (κ3) is 4.13. The third-order valence-corrected chi connectivity index (χ3v) is 4.20. The lowest BCUT2D eigenvalue weighted by atomic mass is 10.1. The van der Waals surface area contributed by atoms with Crippen LogP contribution in [-0.2, 0) is 17.8 Å². The van der Waals surface area contributed by atoms with E-state index in [1.54, 1.807) is 11.3 Å². The van der Waals surface area contributed by atoms with Gasteiger partial charge in [0.2, 0.25) is 0 Å². The highest BCUT2D eigenvalue weighted by Gasteiger charge is 2.05. The maximum absolute atomic E-state index is 5.73. The number of benzene rings is 1. The first-order chi connectivity index (χ1) is 9.72. The molecule has 0 saturated heterocycles. The van der Waals surface area contributed by atoms with E-state index >= 15 is 0 Å². The average Bonchev–Trinajstić information content (AvgIpc) is 2.94. The normalized spacial score (nSPS) is 12.6.